The minimum absolute atomic E-state index is 0.108. The lowest BCUT2D eigenvalue weighted by Gasteiger charge is -2.33. The average molecular weight is 285 g/mol. The van der Waals surface area contributed by atoms with Crippen LogP contribution < -0.4 is 11.1 Å². The molecule has 0 unspecified atom stereocenters. The Bertz CT molecular complexity index is 452. The minimum Gasteiger partial charge on any atom is -0.350 e. The maximum Gasteiger partial charge on any atom is 0.255 e. The van der Waals surface area contributed by atoms with E-state index in [4.69, 9.17) is 17.3 Å². The number of amides is 1. The molecule has 1 fully saturated rings. The summed E-state index contributed by atoms with van der Waals surface area (Å²) in [6.45, 7) is 0.358. The standard InChI is InChI=1S/C14H18ClFN2O/c15-10-5-4-6-11(16)12(10)13(19)18-9-14(17)7-2-1-3-8-14/h4-6H,1-3,7-9,17H2,(H,18,19). The fraction of sp³-hybridized carbons (Fsp3) is 0.500. The quantitative estimate of drug-likeness (QED) is 0.897. The molecule has 0 aromatic heterocycles. The van der Waals surface area contributed by atoms with Gasteiger partial charge in [0, 0.05) is 12.1 Å². The van der Waals surface area contributed by atoms with Crippen molar-refractivity contribution < 1.29 is 9.18 Å². The zero-order valence-corrected chi connectivity index (χ0v) is 11.5. The van der Waals surface area contributed by atoms with E-state index in [-0.39, 0.29) is 16.1 Å². The number of carbonyl (C=O) groups is 1. The van der Waals surface area contributed by atoms with Crippen molar-refractivity contribution in [2.24, 2.45) is 5.73 Å². The van der Waals surface area contributed by atoms with Crippen LogP contribution in [0, 0.1) is 5.82 Å². The minimum atomic E-state index is -0.611. The molecule has 0 radical (unpaired) electrons. The first-order valence-corrected chi connectivity index (χ1v) is 6.91. The normalized spacial score (nSPS) is 18.1. The molecular weight excluding hydrogens is 267 g/mol. The molecule has 2 rings (SSSR count). The predicted octanol–water partition coefficient (Wildman–Crippen LogP) is 2.87. The van der Waals surface area contributed by atoms with E-state index in [9.17, 15) is 9.18 Å². The van der Waals surface area contributed by atoms with E-state index in [1.165, 1.54) is 24.6 Å². The molecule has 1 aliphatic rings. The molecule has 1 saturated carbocycles. The van der Waals surface area contributed by atoms with Gasteiger partial charge in [-0.2, -0.15) is 0 Å². The second-order valence-corrected chi connectivity index (χ2v) is 5.61. The molecule has 19 heavy (non-hydrogen) atoms. The van der Waals surface area contributed by atoms with Crippen molar-refractivity contribution in [3.05, 3.63) is 34.6 Å². The van der Waals surface area contributed by atoms with Crippen LogP contribution in [0.3, 0.4) is 0 Å². The molecular formula is C14H18ClFN2O. The van der Waals surface area contributed by atoms with Crippen LogP contribution in [0.25, 0.3) is 0 Å². The molecule has 1 aromatic rings. The van der Waals surface area contributed by atoms with Gasteiger partial charge in [0.05, 0.1) is 10.6 Å². The van der Waals surface area contributed by atoms with Crippen LogP contribution in [0.4, 0.5) is 4.39 Å². The van der Waals surface area contributed by atoms with E-state index in [0.29, 0.717) is 6.54 Å². The fourth-order valence-electron chi connectivity index (χ4n) is 2.49. The van der Waals surface area contributed by atoms with Gasteiger partial charge in [0.2, 0.25) is 0 Å². The van der Waals surface area contributed by atoms with Crippen LogP contribution in [0.15, 0.2) is 18.2 Å². The highest BCUT2D eigenvalue weighted by molar-refractivity contribution is 6.33. The first kappa shape index (κ1) is 14.3. The maximum atomic E-state index is 13.6. The topological polar surface area (TPSA) is 55.1 Å². The lowest BCUT2D eigenvalue weighted by Crippen LogP contribution is -2.51. The zero-order valence-electron chi connectivity index (χ0n) is 10.7. The van der Waals surface area contributed by atoms with E-state index in [1.807, 2.05) is 0 Å². The third kappa shape index (κ3) is 3.45. The van der Waals surface area contributed by atoms with Gasteiger partial charge in [0.15, 0.2) is 0 Å². The van der Waals surface area contributed by atoms with Crippen molar-refractivity contribution in [1.82, 2.24) is 5.32 Å². The second-order valence-electron chi connectivity index (χ2n) is 5.20. The maximum absolute atomic E-state index is 13.6. The monoisotopic (exact) mass is 284 g/mol. The Morgan fingerprint density at radius 3 is 2.68 bits per heavy atom. The number of hydrogen-bond acceptors (Lipinski definition) is 2. The van der Waals surface area contributed by atoms with Crippen LogP contribution in [-0.4, -0.2) is 18.0 Å². The van der Waals surface area contributed by atoms with Gasteiger partial charge >= 0.3 is 0 Å². The zero-order chi connectivity index (χ0) is 13.9. The molecule has 0 spiro atoms. The summed E-state index contributed by atoms with van der Waals surface area (Å²) in [4.78, 5) is 12.0. The summed E-state index contributed by atoms with van der Waals surface area (Å²) in [5.41, 5.74) is 5.74. The Morgan fingerprint density at radius 2 is 2.05 bits per heavy atom. The predicted molar refractivity (Wildman–Crippen MR) is 73.7 cm³/mol. The first-order chi connectivity index (χ1) is 9.02. The van der Waals surface area contributed by atoms with Crippen molar-refractivity contribution in [2.45, 2.75) is 37.6 Å². The Labute approximate surface area is 117 Å². The van der Waals surface area contributed by atoms with Crippen molar-refractivity contribution in [2.75, 3.05) is 6.54 Å². The molecule has 1 aromatic carbocycles. The summed E-state index contributed by atoms with van der Waals surface area (Å²) in [5.74, 6) is -1.11. The third-order valence-electron chi connectivity index (χ3n) is 3.64. The van der Waals surface area contributed by atoms with Crippen molar-refractivity contribution in [3.63, 3.8) is 0 Å². The number of rotatable bonds is 3. The highest BCUT2D eigenvalue weighted by Gasteiger charge is 2.28. The van der Waals surface area contributed by atoms with E-state index in [2.05, 4.69) is 5.32 Å². The fourth-order valence-corrected chi connectivity index (χ4v) is 2.74. The van der Waals surface area contributed by atoms with E-state index >= 15 is 0 Å². The van der Waals surface area contributed by atoms with Crippen molar-refractivity contribution >= 4 is 17.5 Å². The van der Waals surface area contributed by atoms with Crippen molar-refractivity contribution in [3.8, 4) is 0 Å². The molecule has 0 bridgehead atoms. The average Bonchev–Trinajstić information content (AvgIpc) is 2.37. The smallest absolute Gasteiger partial charge is 0.255 e. The van der Waals surface area contributed by atoms with E-state index in [1.54, 1.807) is 0 Å². The first-order valence-electron chi connectivity index (χ1n) is 6.53. The highest BCUT2D eigenvalue weighted by Crippen LogP contribution is 2.25. The Balaban J connectivity index is 2.01. The van der Waals surface area contributed by atoms with Gasteiger partial charge in [-0.25, -0.2) is 4.39 Å². The summed E-state index contributed by atoms with van der Waals surface area (Å²) >= 11 is 5.85. The van der Waals surface area contributed by atoms with Gasteiger partial charge in [0.25, 0.3) is 5.91 Å². The number of nitrogens with one attached hydrogen (secondary N) is 1. The summed E-state index contributed by atoms with van der Waals surface area (Å²) in [5, 5.41) is 2.82. The Hall–Kier alpha value is -1.13. The number of benzene rings is 1. The van der Waals surface area contributed by atoms with E-state index in [0.717, 1.165) is 25.7 Å². The molecule has 1 aliphatic carbocycles. The molecule has 3 nitrogen and oxygen atoms in total. The van der Waals surface area contributed by atoms with Gasteiger partial charge in [-0.3, -0.25) is 4.79 Å². The summed E-state index contributed by atoms with van der Waals surface area (Å²) < 4.78 is 13.6. The molecule has 0 saturated heterocycles. The summed E-state index contributed by atoms with van der Waals surface area (Å²) in [6, 6.07) is 4.19. The number of carbonyl (C=O) groups excluding carboxylic acids is 1. The van der Waals surface area contributed by atoms with Gasteiger partial charge in [0.1, 0.15) is 5.82 Å². The molecule has 0 atom stereocenters. The van der Waals surface area contributed by atoms with E-state index < -0.39 is 11.7 Å². The van der Waals surface area contributed by atoms with Crippen LogP contribution in [0.2, 0.25) is 5.02 Å². The van der Waals surface area contributed by atoms with Crippen LogP contribution >= 0.6 is 11.6 Å². The molecule has 1 amide bonds. The van der Waals surface area contributed by atoms with Gasteiger partial charge < -0.3 is 11.1 Å². The second kappa shape index (κ2) is 5.88. The number of hydrogen-bond donors (Lipinski definition) is 2. The number of nitrogens with two attached hydrogens (primary N) is 1. The Morgan fingerprint density at radius 1 is 1.37 bits per heavy atom. The molecule has 5 heteroatoms. The van der Waals surface area contributed by atoms with Crippen LogP contribution in [0.5, 0.6) is 0 Å². The largest absolute Gasteiger partial charge is 0.350 e. The highest BCUT2D eigenvalue weighted by atomic mass is 35.5. The number of halogens is 2. The lowest BCUT2D eigenvalue weighted by molar-refractivity contribution is 0.0934. The van der Waals surface area contributed by atoms with Crippen LogP contribution in [0.1, 0.15) is 42.5 Å². The molecule has 0 aliphatic heterocycles. The summed E-state index contributed by atoms with van der Waals surface area (Å²) in [6.07, 6.45) is 5.11. The summed E-state index contributed by atoms with van der Waals surface area (Å²) in [7, 11) is 0. The van der Waals surface area contributed by atoms with Gasteiger partial charge in [-0.05, 0) is 25.0 Å². The SMILES string of the molecule is NC1(CNC(=O)c2c(F)cccc2Cl)CCCCC1. The molecule has 3 N–H and O–H groups in total. The lowest BCUT2D eigenvalue weighted by atomic mass is 9.82. The Kier molecular flexibility index (Phi) is 4.42. The van der Waals surface area contributed by atoms with Crippen LogP contribution in [-0.2, 0) is 0 Å². The van der Waals surface area contributed by atoms with Gasteiger partial charge in [-0.15, -0.1) is 0 Å². The van der Waals surface area contributed by atoms with Gasteiger partial charge in [-0.1, -0.05) is 36.9 Å². The molecule has 104 valence electrons. The molecule has 0 heterocycles. The third-order valence-corrected chi connectivity index (χ3v) is 3.96. The van der Waals surface area contributed by atoms with Crippen molar-refractivity contribution in [1.29, 1.82) is 0 Å².